The van der Waals surface area contributed by atoms with Crippen molar-refractivity contribution in [1.29, 1.82) is 0 Å². The second-order valence-electron chi connectivity index (χ2n) is 9.81. The number of carbonyl (C=O) groups is 1. The van der Waals surface area contributed by atoms with E-state index in [4.69, 9.17) is 4.74 Å². The van der Waals surface area contributed by atoms with Crippen molar-refractivity contribution >= 4 is 17.5 Å². The number of aryl methyl sites for hydroxylation is 2. The van der Waals surface area contributed by atoms with Gasteiger partial charge in [-0.1, -0.05) is 6.07 Å². The van der Waals surface area contributed by atoms with Crippen molar-refractivity contribution in [3.63, 3.8) is 0 Å². The first-order valence-corrected chi connectivity index (χ1v) is 12.1. The molecule has 12 heteroatoms. The largest absolute Gasteiger partial charge is 0.383 e. The van der Waals surface area contributed by atoms with Gasteiger partial charge < -0.3 is 20.5 Å². The Kier molecular flexibility index (Phi) is 6.45. The molecule has 0 bridgehead atoms. The Labute approximate surface area is 218 Å². The molecule has 4 aromatic rings. The lowest BCUT2D eigenvalue weighted by molar-refractivity contribution is -0.206. The lowest BCUT2D eigenvalue weighted by atomic mass is 9.64. The van der Waals surface area contributed by atoms with Crippen LogP contribution in [0.5, 0.6) is 0 Å². The fourth-order valence-corrected chi connectivity index (χ4v) is 4.68. The van der Waals surface area contributed by atoms with E-state index in [0.717, 1.165) is 23.0 Å². The summed E-state index contributed by atoms with van der Waals surface area (Å²) in [4.78, 5) is 22.2. The Morgan fingerprint density at radius 2 is 2.00 bits per heavy atom. The summed E-state index contributed by atoms with van der Waals surface area (Å²) in [5.74, 6) is 0.819. The van der Waals surface area contributed by atoms with Gasteiger partial charge in [-0.25, -0.2) is 19.0 Å². The van der Waals surface area contributed by atoms with Gasteiger partial charge in [0.05, 0.1) is 24.1 Å². The van der Waals surface area contributed by atoms with Gasteiger partial charge in [-0.3, -0.25) is 9.89 Å². The highest BCUT2D eigenvalue weighted by Gasteiger charge is 2.60. The topological polar surface area (TPSA) is 143 Å². The first-order valence-electron chi connectivity index (χ1n) is 12.1. The SMILES string of the molecule is CO[C@]1(C(=O)N[C@@H](C)c2ccc(-n3cc(F)cn3)nc2)C[C@@](O)(c2cc(C)cc(Nc3cc(C)[nH]n3)n2)C1. The van der Waals surface area contributed by atoms with Crippen molar-refractivity contribution in [3.05, 3.63) is 77.3 Å². The second-order valence-corrected chi connectivity index (χ2v) is 9.81. The zero-order valence-electron chi connectivity index (χ0n) is 21.5. The summed E-state index contributed by atoms with van der Waals surface area (Å²) in [6.45, 7) is 5.64. The Bertz CT molecular complexity index is 1460. The molecule has 11 nitrogen and oxygen atoms in total. The molecule has 198 valence electrons. The van der Waals surface area contributed by atoms with Gasteiger partial charge in [-0.15, -0.1) is 0 Å². The minimum absolute atomic E-state index is 0.0501. The molecule has 1 saturated carbocycles. The molecule has 1 aliphatic carbocycles. The van der Waals surface area contributed by atoms with E-state index in [1.165, 1.54) is 18.0 Å². The lowest BCUT2D eigenvalue weighted by Gasteiger charge is -2.50. The van der Waals surface area contributed by atoms with Crippen molar-refractivity contribution in [2.75, 3.05) is 12.4 Å². The van der Waals surface area contributed by atoms with Gasteiger partial charge >= 0.3 is 0 Å². The van der Waals surface area contributed by atoms with E-state index >= 15 is 0 Å². The number of methoxy groups -OCH3 is 1. The van der Waals surface area contributed by atoms with E-state index < -0.39 is 17.0 Å². The molecule has 0 aromatic carbocycles. The third kappa shape index (κ3) is 4.87. The van der Waals surface area contributed by atoms with Gasteiger partial charge in [0.25, 0.3) is 5.91 Å². The van der Waals surface area contributed by atoms with Crippen LogP contribution in [0.15, 0.2) is 48.9 Å². The predicted molar refractivity (Wildman–Crippen MR) is 136 cm³/mol. The van der Waals surface area contributed by atoms with Gasteiger partial charge in [0.1, 0.15) is 11.4 Å². The minimum atomic E-state index is -1.33. The molecule has 5 rings (SSSR count). The van der Waals surface area contributed by atoms with Crippen LogP contribution >= 0.6 is 0 Å². The molecule has 1 amide bonds. The highest BCUT2D eigenvalue weighted by atomic mass is 19.1. The standard InChI is InChI=1S/C26H29FN8O3/c1-15-7-20(31-21(8-15)32-22-9-16(2)33-34-22)25(37)13-26(14-25,38-4)24(36)30-17(3)18-5-6-23(28-10-18)35-12-19(27)11-29-35/h5-12,17,37H,13-14H2,1-4H3,(H,30,36)(H2,31,32,33,34)/t17-,25-,26+/m0/s1. The van der Waals surface area contributed by atoms with E-state index in [1.807, 2.05) is 32.9 Å². The van der Waals surface area contributed by atoms with Crippen molar-refractivity contribution in [2.24, 2.45) is 0 Å². The Morgan fingerprint density at radius 3 is 2.61 bits per heavy atom. The van der Waals surface area contributed by atoms with Crippen LogP contribution in [0.4, 0.5) is 16.0 Å². The number of aliphatic hydroxyl groups is 1. The first-order chi connectivity index (χ1) is 18.1. The molecule has 0 aliphatic heterocycles. The number of nitrogens with zero attached hydrogens (tertiary/aromatic N) is 5. The molecular formula is C26H29FN8O3. The molecule has 1 atom stereocenters. The van der Waals surface area contributed by atoms with Crippen LogP contribution in [0, 0.1) is 19.7 Å². The van der Waals surface area contributed by atoms with Crippen LogP contribution in [-0.2, 0) is 15.1 Å². The highest BCUT2D eigenvalue weighted by Crippen LogP contribution is 2.50. The van der Waals surface area contributed by atoms with Crippen molar-refractivity contribution in [2.45, 2.75) is 50.9 Å². The van der Waals surface area contributed by atoms with Crippen molar-refractivity contribution in [3.8, 4) is 5.82 Å². The van der Waals surface area contributed by atoms with E-state index in [-0.39, 0.29) is 24.8 Å². The van der Waals surface area contributed by atoms with Gasteiger partial charge in [0.2, 0.25) is 0 Å². The van der Waals surface area contributed by atoms with Crippen LogP contribution < -0.4 is 10.6 Å². The third-order valence-corrected chi connectivity index (χ3v) is 6.77. The number of aromatic nitrogens is 6. The maximum atomic E-state index is 13.3. The second kappa shape index (κ2) is 9.62. The summed E-state index contributed by atoms with van der Waals surface area (Å²) >= 11 is 0. The summed E-state index contributed by atoms with van der Waals surface area (Å²) in [7, 11) is 1.46. The summed E-state index contributed by atoms with van der Waals surface area (Å²) in [6.07, 6.45) is 4.03. The maximum absolute atomic E-state index is 13.3. The van der Waals surface area contributed by atoms with Crippen molar-refractivity contribution < 1.29 is 19.0 Å². The molecule has 4 N–H and O–H groups in total. The number of nitrogens with one attached hydrogen (secondary N) is 3. The minimum Gasteiger partial charge on any atom is -0.383 e. The number of H-pyrrole nitrogens is 1. The monoisotopic (exact) mass is 520 g/mol. The molecule has 0 saturated heterocycles. The van der Waals surface area contributed by atoms with Crippen LogP contribution in [-0.4, -0.2) is 53.7 Å². The van der Waals surface area contributed by atoms with Crippen LogP contribution in [0.3, 0.4) is 0 Å². The van der Waals surface area contributed by atoms with Gasteiger partial charge in [0.15, 0.2) is 23.1 Å². The number of aromatic amines is 1. The fourth-order valence-electron chi connectivity index (χ4n) is 4.68. The highest BCUT2D eigenvalue weighted by molar-refractivity contribution is 5.87. The Hall–Kier alpha value is -4.16. The van der Waals surface area contributed by atoms with Crippen LogP contribution in [0.1, 0.15) is 48.3 Å². The smallest absolute Gasteiger partial charge is 0.252 e. The van der Waals surface area contributed by atoms with Gasteiger partial charge in [-0.05, 0) is 50.1 Å². The van der Waals surface area contributed by atoms with Crippen LogP contribution in [0.25, 0.3) is 5.82 Å². The molecule has 38 heavy (non-hydrogen) atoms. The number of halogens is 1. The summed E-state index contributed by atoms with van der Waals surface area (Å²) in [6, 6.07) is 8.61. The van der Waals surface area contributed by atoms with Gasteiger partial charge in [-0.2, -0.15) is 10.2 Å². The number of hydrogen-bond donors (Lipinski definition) is 4. The number of carbonyl (C=O) groups excluding carboxylic acids is 1. The molecule has 4 heterocycles. The number of rotatable bonds is 8. The normalized spacial score (nSPS) is 21.5. The number of ether oxygens (including phenoxy) is 1. The van der Waals surface area contributed by atoms with Crippen LogP contribution in [0.2, 0.25) is 0 Å². The molecule has 1 aliphatic rings. The van der Waals surface area contributed by atoms with Gasteiger partial charge in [0, 0.05) is 37.9 Å². The van der Waals surface area contributed by atoms with E-state index in [0.29, 0.717) is 23.1 Å². The molecule has 1 fully saturated rings. The number of pyridine rings is 2. The molecule has 4 aromatic heterocycles. The number of anilines is 2. The zero-order chi connectivity index (χ0) is 27.1. The quantitative estimate of drug-likeness (QED) is 0.278. The number of amides is 1. The summed E-state index contributed by atoms with van der Waals surface area (Å²) < 4.78 is 20.2. The summed E-state index contributed by atoms with van der Waals surface area (Å²) in [5, 5.41) is 28.4. The molecule has 0 unspecified atom stereocenters. The Morgan fingerprint density at radius 1 is 1.21 bits per heavy atom. The maximum Gasteiger partial charge on any atom is 0.252 e. The first kappa shape index (κ1) is 25.5. The molecule has 0 spiro atoms. The van der Waals surface area contributed by atoms with E-state index in [1.54, 1.807) is 24.4 Å². The van der Waals surface area contributed by atoms with E-state index in [2.05, 4.69) is 35.9 Å². The third-order valence-electron chi connectivity index (χ3n) is 6.77. The Balaban J connectivity index is 1.27. The predicted octanol–water partition coefficient (Wildman–Crippen LogP) is 3.13. The molecule has 0 radical (unpaired) electrons. The van der Waals surface area contributed by atoms with E-state index in [9.17, 15) is 14.3 Å². The average Bonchev–Trinajstić information content (AvgIpc) is 3.49. The fraction of sp³-hybridized carbons (Fsp3) is 0.346. The lowest BCUT2D eigenvalue weighted by Crippen LogP contribution is -2.63. The van der Waals surface area contributed by atoms with Crippen molar-refractivity contribution in [1.82, 2.24) is 35.3 Å². The number of hydrogen-bond acceptors (Lipinski definition) is 8. The zero-order valence-corrected chi connectivity index (χ0v) is 21.5. The average molecular weight is 521 g/mol. The summed E-state index contributed by atoms with van der Waals surface area (Å²) in [5.41, 5.74) is 0.475. The molecular weight excluding hydrogens is 491 g/mol.